The van der Waals surface area contributed by atoms with E-state index in [1.165, 1.54) is 6.07 Å². The van der Waals surface area contributed by atoms with Crippen molar-refractivity contribution in [2.75, 3.05) is 5.32 Å². The predicted molar refractivity (Wildman–Crippen MR) is 101 cm³/mol. The van der Waals surface area contributed by atoms with Crippen molar-refractivity contribution in [3.05, 3.63) is 65.2 Å². The first-order chi connectivity index (χ1) is 12.3. The monoisotopic (exact) mass is 353 g/mol. The molecule has 2 aromatic carbocycles. The van der Waals surface area contributed by atoms with Crippen LogP contribution < -0.4 is 16.4 Å². The van der Waals surface area contributed by atoms with Crippen molar-refractivity contribution in [2.45, 2.75) is 26.8 Å². The molecule has 0 radical (unpaired) electrons. The number of nitrogens with one attached hydrogen (secondary N) is 2. The van der Waals surface area contributed by atoms with Gasteiger partial charge < -0.3 is 16.4 Å². The van der Waals surface area contributed by atoms with Crippen LogP contribution in [0.3, 0.4) is 0 Å². The van der Waals surface area contributed by atoms with Crippen LogP contribution in [0.4, 0.5) is 5.69 Å². The summed E-state index contributed by atoms with van der Waals surface area (Å²) in [5.41, 5.74) is 7.37. The molecule has 3 amide bonds. The van der Waals surface area contributed by atoms with E-state index < -0.39 is 11.9 Å². The molecule has 2 aromatic rings. The van der Waals surface area contributed by atoms with Crippen molar-refractivity contribution in [2.24, 2.45) is 11.7 Å². The third kappa shape index (κ3) is 4.69. The Balaban J connectivity index is 2.15. The number of nitrogens with two attached hydrogens (primary N) is 1. The molecule has 0 bridgehead atoms. The van der Waals surface area contributed by atoms with Crippen LogP contribution >= 0.6 is 0 Å². The zero-order valence-corrected chi connectivity index (χ0v) is 15.1. The molecule has 2 rings (SSSR count). The maximum Gasteiger partial charge on any atom is 0.252 e. The Hall–Kier alpha value is -3.15. The topological polar surface area (TPSA) is 101 Å². The van der Waals surface area contributed by atoms with Crippen LogP contribution in [0.15, 0.2) is 48.5 Å². The summed E-state index contributed by atoms with van der Waals surface area (Å²) in [5, 5.41) is 5.52. The van der Waals surface area contributed by atoms with Crippen molar-refractivity contribution < 1.29 is 14.4 Å². The Kier molecular flexibility index (Phi) is 6.11. The molecule has 0 saturated carbocycles. The van der Waals surface area contributed by atoms with Gasteiger partial charge in [0.15, 0.2) is 0 Å². The lowest BCUT2D eigenvalue weighted by atomic mass is 10.0. The average molecular weight is 353 g/mol. The van der Waals surface area contributed by atoms with Gasteiger partial charge in [-0.25, -0.2) is 0 Å². The lowest BCUT2D eigenvalue weighted by molar-refractivity contribution is -0.118. The largest absolute Gasteiger partial charge is 0.366 e. The molecule has 4 N–H and O–H groups in total. The van der Waals surface area contributed by atoms with Crippen LogP contribution in [0, 0.1) is 12.8 Å². The Morgan fingerprint density at radius 3 is 2.31 bits per heavy atom. The fourth-order valence-corrected chi connectivity index (χ4v) is 2.55. The number of amides is 3. The zero-order valence-electron chi connectivity index (χ0n) is 15.1. The lowest BCUT2D eigenvalue weighted by Gasteiger charge is -2.22. The molecule has 6 nitrogen and oxygen atoms in total. The quantitative estimate of drug-likeness (QED) is 0.743. The molecule has 26 heavy (non-hydrogen) atoms. The number of rotatable bonds is 6. The first-order valence-electron chi connectivity index (χ1n) is 8.37. The Labute approximate surface area is 152 Å². The molecule has 136 valence electrons. The second-order valence-electron chi connectivity index (χ2n) is 6.44. The summed E-state index contributed by atoms with van der Waals surface area (Å²) >= 11 is 0. The van der Waals surface area contributed by atoms with Crippen LogP contribution in [0.5, 0.6) is 0 Å². The number of aryl methyl sites for hydroxylation is 1. The fourth-order valence-electron chi connectivity index (χ4n) is 2.55. The van der Waals surface area contributed by atoms with Crippen LogP contribution in [-0.4, -0.2) is 23.8 Å². The number of anilines is 1. The van der Waals surface area contributed by atoms with E-state index in [-0.39, 0.29) is 17.7 Å². The Morgan fingerprint density at radius 2 is 1.69 bits per heavy atom. The van der Waals surface area contributed by atoms with Gasteiger partial charge in [-0.1, -0.05) is 38.1 Å². The first kappa shape index (κ1) is 19.2. The highest BCUT2D eigenvalue weighted by molar-refractivity contribution is 6.02. The molecule has 1 unspecified atom stereocenters. The number of hydrogen-bond acceptors (Lipinski definition) is 3. The van der Waals surface area contributed by atoms with Gasteiger partial charge in [0, 0.05) is 16.8 Å². The van der Waals surface area contributed by atoms with E-state index in [0.29, 0.717) is 16.8 Å². The molecule has 0 saturated heterocycles. The molecule has 6 heteroatoms. The van der Waals surface area contributed by atoms with Crippen molar-refractivity contribution in [1.82, 2.24) is 5.32 Å². The highest BCUT2D eigenvalue weighted by Gasteiger charge is 2.25. The van der Waals surface area contributed by atoms with E-state index in [2.05, 4.69) is 10.6 Å². The minimum absolute atomic E-state index is 0.123. The molecular formula is C20H23N3O3. The molecule has 0 spiro atoms. The highest BCUT2D eigenvalue weighted by Crippen LogP contribution is 2.14. The summed E-state index contributed by atoms with van der Waals surface area (Å²) < 4.78 is 0. The fraction of sp³-hybridized carbons (Fsp3) is 0.250. The average Bonchev–Trinajstić information content (AvgIpc) is 2.59. The van der Waals surface area contributed by atoms with Crippen LogP contribution in [0.2, 0.25) is 0 Å². The molecule has 0 fully saturated rings. The zero-order chi connectivity index (χ0) is 19.3. The van der Waals surface area contributed by atoms with Gasteiger partial charge in [-0.05, 0) is 42.7 Å². The first-order valence-corrected chi connectivity index (χ1v) is 8.37. The van der Waals surface area contributed by atoms with Crippen molar-refractivity contribution in [3.8, 4) is 0 Å². The number of carbonyl (C=O) groups is 3. The summed E-state index contributed by atoms with van der Waals surface area (Å²) in [7, 11) is 0. The maximum absolute atomic E-state index is 12.6. The van der Waals surface area contributed by atoms with Gasteiger partial charge in [-0.3, -0.25) is 14.4 Å². The van der Waals surface area contributed by atoms with Gasteiger partial charge in [0.2, 0.25) is 11.8 Å². The SMILES string of the molecule is Cc1ccccc1C(=O)NC(C(=O)Nc1cccc(C(N)=O)c1)C(C)C. The van der Waals surface area contributed by atoms with Gasteiger partial charge in [0.1, 0.15) is 6.04 Å². The normalized spacial score (nSPS) is 11.7. The third-order valence-corrected chi connectivity index (χ3v) is 4.04. The maximum atomic E-state index is 12.6. The van der Waals surface area contributed by atoms with E-state index in [1.807, 2.05) is 32.9 Å². The Morgan fingerprint density at radius 1 is 1.00 bits per heavy atom. The number of primary amides is 1. The molecule has 0 aliphatic rings. The van der Waals surface area contributed by atoms with Crippen LogP contribution in [0.25, 0.3) is 0 Å². The standard InChI is InChI=1S/C20H23N3O3/c1-12(2)17(23-19(25)16-10-5-4-7-13(16)3)20(26)22-15-9-6-8-14(11-15)18(21)24/h4-12,17H,1-3H3,(H2,21,24)(H,22,26)(H,23,25). The summed E-state index contributed by atoms with van der Waals surface area (Å²) in [6.07, 6.45) is 0. The molecule has 0 aliphatic carbocycles. The Bertz CT molecular complexity index is 831. The van der Waals surface area contributed by atoms with Crippen molar-refractivity contribution >= 4 is 23.4 Å². The summed E-state index contributed by atoms with van der Waals surface area (Å²) in [5.74, 6) is -1.36. The van der Waals surface area contributed by atoms with Gasteiger partial charge >= 0.3 is 0 Å². The van der Waals surface area contributed by atoms with Gasteiger partial charge in [-0.2, -0.15) is 0 Å². The minimum atomic E-state index is -0.723. The summed E-state index contributed by atoms with van der Waals surface area (Å²) in [6, 6.07) is 12.8. The molecule has 1 atom stereocenters. The van der Waals surface area contributed by atoms with E-state index in [0.717, 1.165) is 5.56 Å². The smallest absolute Gasteiger partial charge is 0.252 e. The van der Waals surface area contributed by atoms with Crippen LogP contribution in [-0.2, 0) is 4.79 Å². The van der Waals surface area contributed by atoms with Crippen LogP contribution in [0.1, 0.15) is 40.1 Å². The van der Waals surface area contributed by atoms with E-state index in [9.17, 15) is 14.4 Å². The predicted octanol–water partition coefficient (Wildman–Crippen LogP) is 2.49. The molecule has 0 aliphatic heterocycles. The minimum Gasteiger partial charge on any atom is -0.366 e. The number of carbonyl (C=O) groups excluding carboxylic acids is 3. The third-order valence-electron chi connectivity index (χ3n) is 4.04. The molecular weight excluding hydrogens is 330 g/mol. The molecule has 0 heterocycles. The van der Waals surface area contributed by atoms with Crippen molar-refractivity contribution in [1.29, 1.82) is 0 Å². The lowest BCUT2D eigenvalue weighted by Crippen LogP contribution is -2.47. The summed E-state index contributed by atoms with van der Waals surface area (Å²) in [6.45, 7) is 5.54. The highest BCUT2D eigenvalue weighted by atomic mass is 16.2. The number of benzene rings is 2. The molecule has 0 aromatic heterocycles. The van der Waals surface area contributed by atoms with E-state index in [1.54, 1.807) is 30.3 Å². The summed E-state index contributed by atoms with van der Waals surface area (Å²) in [4.78, 5) is 36.4. The van der Waals surface area contributed by atoms with Gasteiger partial charge in [0.05, 0.1) is 0 Å². The van der Waals surface area contributed by atoms with Gasteiger partial charge in [-0.15, -0.1) is 0 Å². The van der Waals surface area contributed by atoms with E-state index >= 15 is 0 Å². The number of hydrogen-bond donors (Lipinski definition) is 3. The van der Waals surface area contributed by atoms with Crippen molar-refractivity contribution in [3.63, 3.8) is 0 Å². The second-order valence-corrected chi connectivity index (χ2v) is 6.44. The van der Waals surface area contributed by atoms with E-state index in [4.69, 9.17) is 5.73 Å². The second kappa shape index (κ2) is 8.29. The van der Waals surface area contributed by atoms with Gasteiger partial charge in [0.25, 0.3) is 5.91 Å².